The quantitative estimate of drug-likeness (QED) is 0.762. The Morgan fingerprint density at radius 2 is 1.69 bits per heavy atom. The van der Waals surface area contributed by atoms with Crippen molar-refractivity contribution in [2.24, 2.45) is 0 Å². The molecule has 16 heavy (non-hydrogen) atoms. The zero-order chi connectivity index (χ0) is 11.5. The van der Waals surface area contributed by atoms with Crippen LogP contribution in [-0.4, -0.2) is 0 Å². The van der Waals surface area contributed by atoms with Crippen LogP contribution < -0.4 is 11.1 Å². The van der Waals surface area contributed by atoms with Crippen LogP contribution in [0.15, 0.2) is 42.5 Å². The Balaban J connectivity index is 2.24. The van der Waals surface area contributed by atoms with E-state index in [1.165, 1.54) is 30.3 Å². The molecule has 0 radical (unpaired) electrons. The third-order valence-corrected chi connectivity index (χ3v) is 2.11. The van der Waals surface area contributed by atoms with Crippen molar-refractivity contribution in [3.63, 3.8) is 0 Å². The summed E-state index contributed by atoms with van der Waals surface area (Å²) in [6.07, 6.45) is 0. The Labute approximate surface area is 91.7 Å². The van der Waals surface area contributed by atoms with Gasteiger partial charge in [0, 0.05) is 11.4 Å². The van der Waals surface area contributed by atoms with Crippen molar-refractivity contribution in [1.82, 2.24) is 0 Å². The summed E-state index contributed by atoms with van der Waals surface area (Å²) in [5.74, 6) is -0.801. The van der Waals surface area contributed by atoms with E-state index in [-0.39, 0.29) is 11.5 Å². The SMILES string of the molecule is Nc1cc(Nc2cccc(F)c2)ccc1F. The van der Waals surface area contributed by atoms with E-state index in [0.717, 1.165) is 0 Å². The minimum absolute atomic E-state index is 0.0569. The molecule has 82 valence electrons. The van der Waals surface area contributed by atoms with Crippen molar-refractivity contribution in [3.05, 3.63) is 54.1 Å². The van der Waals surface area contributed by atoms with Gasteiger partial charge >= 0.3 is 0 Å². The lowest BCUT2D eigenvalue weighted by atomic mass is 10.2. The first kappa shape index (κ1) is 10.4. The van der Waals surface area contributed by atoms with Crippen LogP contribution in [0.4, 0.5) is 25.8 Å². The number of anilines is 3. The second-order valence-corrected chi connectivity index (χ2v) is 3.37. The van der Waals surface area contributed by atoms with Crippen molar-refractivity contribution in [1.29, 1.82) is 0 Å². The molecule has 0 aliphatic rings. The summed E-state index contributed by atoms with van der Waals surface area (Å²) in [6.45, 7) is 0. The lowest BCUT2D eigenvalue weighted by molar-refractivity contribution is 0.628. The van der Waals surface area contributed by atoms with Crippen molar-refractivity contribution in [2.75, 3.05) is 11.1 Å². The highest BCUT2D eigenvalue weighted by Crippen LogP contribution is 2.21. The average Bonchev–Trinajstić information content (AvgIpc) is 2.24. The molecular weight excluding hydrogens is 210 g/mol. The number of benzene rings is 2. The van der Waals surface area contributed by atoms with E-state index in [0.29, 0.717) is 11.4 Å². The molecule has 0 atom stereocenters. The fourth-order valence-electron chi connectivity index (χ4n) is 1.35. The van der Waals surface area contributed by atoms with Gasteiger partial charge in [-0.1, -0.05) is 6.07 Å². The number of hydrogen-bond donors (Lipinski definition) is 2. The number of halogens is 2. The van der Waals surface area contributed by atoms with Gasteiger partial charge in [0.1, 0.15) is 11.6 Å². The second-order valence-electron chi connectivity index (χ2n) is 3.37. The van der Waals surface area contributed by atoms with Crippen molar-refractivity contribution in [3.8, 4) is 0 Å². The van der Waals surface area contributed by atoms with Gasteiger partial charge in [0.25, 0.3) is 0 Å². The topological polar surface area (TPSA) is 38.0 Å². The molecule has 0 aromatic heterocycles. The molecule has 0 aliphatic heterocycles. The third kappa shape index (κ3) is 2.28. The Hall–Kier alpha value is -2.10. The number of nitrogen functional groups attached to an aromatic ring is 1. The van der Waals surface area contributed by atoms with Gasteiger partial charge in [0.15, 0.2) is 0 Å². The lowest BCUT2D eigenvalue weighted by Gasteiger charge is -2.07. The van der Waals surface area contributed by atoms with Crippen LogP contribution in [-0.2, 0) is 0 Å². The first-order chi connectivity index (χ1) is 7.65. The normalized spacial score (nSPS) is 10.1. The molecule has 2 rings (SSSR count). The summed E-state index contributed by atoms with van der Waals surface area (Å²) < 4.78 is 25.8. The Morgan fingerprint density at radius 3 is 2.38 bits per heavy atom. The van der Waals surface area contributed by atoms with Crippen LogP contribution in [0.2, 0.25) is 0 Å². The summed E-state index contributed by atoms with van der Waals surface area (Å²) >= 11 is 0. The van der Waals surface area contributed by atoms with Crippen LogP contribution in [0.25, 0.3) is 0 Å². The maximum atomic E-state index is 12.9. The van der Waals surface area contributed by atoms with Gasteiger partial charge in [0.05, 0.1) is 5.69 Å². The van der Waals surface area contributed by atoms with Crippen LogP contribution in [0.3, 0.4) is 0 Å². The smallest absolute Gasteiger partial charge is 0.146 e. The van der Waals surface area contributed by atoms with Gasteiger partial charge < -0.3 is 11.1 Å². The lowest BCUT2D eigenvalue weighted by Crippen LogP contribution is -1.95. The molecule has 2 aromatic rings. The predicted octanol–water partition coefficient (Wildman–Crippen LogP) is 3.29. The van der Waals surface area contributed by atoms with E-state index in [1.54, 1.807) is 12.1 Å². The van der Waals surface area contributed by atoms with Crippen molar-refractivity contribution >= 4 is 17.1 Å². The molecule has 0 saturated heterocycles. The van der Waals surface area contributed by atoms with Crippen molar-refractivity contribution in [2.45, 2.75) is 0 Å². The largest absolute Gasteiger partial charge is 0.396 e. The highest BCUT2D eigenvalue weighted by atomic mass is 19.1. The van der Waals surface area contributed by atoms with Gasteiger partial charge in [-0.05, 0) is 36.4 Å². The highest BCUT2D eigenvalue weighted by Gasteiger charge is 2.00. The highest BCUT2D eigenvalue weighted by molar-refractivity contribution is 5.63. The molecule has 3 N–H and O–H groups in total. The molecule has 0 unspecified atom stereocenters. The number of nitrogens with one attached hydrogen (secondary N) is 1. The summed E-state index contributed by atoms with van der Waals surface area (Å²) in [5, 5.41) is 2.93. The van der Waals surface area contributed by atoms with Crippen LogP contribution in [0, 0.1) is 11.6 Å². The fraction of sp³-hybridized carbons (Fsp3) is 0. The Kier molecular flexibility index (Phi) is 2.72. The third-order valence-electron chi connectivity index (χ3n) is 2.11. The maximum absolute atomic E-state index is 12.9. The number of nitrogens with two attached hydrogens (primary N) is 1. The first-order valence-corrected chi connectivity index (χ1v) is 4.73. The predicted molar refractivity (Wildman–Crippen MR) is 60.5 cm³/mol. The van der Waals surface area contributed by atoms with E-state index in [4.69, 9.17) is 5.73 Å². The number of hydrogen-bond acceptors (Lipinski definition) is 2. The molecule has 4 heteroatoms. The molecule has 0 amide bonds. The molecule has 2 nitrogen and oxygen atoms in total. The maximum Gasteiger partial charge on any atom is 0.146 e. The molecule has 0 fully saturated rings. The molecule has 0 spiro atoms. The van der Waals surface area contributed by atoms with Crippen LogP contribution in [0.1, 0.15) is 0 Å². The molecular formula is C12H10F2N2. The summed E-state index contributed by atoms with van der Waals surface area (Å²) in [4.78, 5) is 0. The fourth-order valence-corrected chi connectivity index (χ4v) is 1.35. The Bertz CT molecular complexity index is 512. The summed E-state index contributed by atoms with van der Waals surface area (Å²) in [7, 11) is 0. The van der Waals surface area contributed by atoms with Crippen LogP contribution >= 0.6 is 0 Å². The van der Waals surface area contributed by atoms with Gasteiger partial charge in [-0.2, -0.15) is 0 Å². The average molecular weight is 220 g/mol. The molecule has 0 aliphatic carbocycles. The van der Waals surface area contributed by atoms with Gasteiger partial charge in [-0.15, -0.1) is 0 Å². The second kappa shape index (κ2) is 4.18. The monoisotopic (exact) mass is 220 g/mol. The van der Waals surface area contributed by atoms with E-state index >= 15 is 0 Å². The molecule has 0 bridgehead atoms. The summed E-state index contributed by atoms with van der Waals surface area (Å²) in [6, 6.07) is 10.3. The Morgan fingerprint density at radius 1 is 0.938 bits per heavy atom. The van der Waals surface area contributed by atoms with Gasteiger partial charge in [0.2, 0.25) is 0 Å². The zero-order valence-electron chi connectivity index (χ0n) is 8.37. The molecule has 0 saturated carbocycles. The van der Waals surface area contributed by atoms with E-state index in [2.05, 4.69) is 5.32 Å². The van der Waals surface area contributed by atoms with E-state index < -0.39 is 5.82 Å². The first-order valence-electron chi connectivity index (χ1n) is 4.73. The van der Waals surface area contributed by atoms with Crippen LogP contribution in [0.5, 0.6) is 0 Å². The standard InChI is InChI=1S/C12H10F2N2/c13-8-2-1-3-9(6-8)16-10-4-5-11(14)12(15)7-10/h1-7,16H,15H2. The van der Waals surface area contributed by atoms with Crippen molar-refractivity contribution < 1.29 is 8.78 Å². The minimum atomic E-state index is -0.468. The zero-order valence-corrected chi connectivity index (χ0v) is 8.37. The van der Waals surface area contributed by atoms with E-state index in [9.17, 15) is 8.78 Å². The van der Waals surface area contributed by atoms with Gasteiger partial charge in [-0.25, -0.2) is 8.78 Å². The summed E-state index contributed by atoms with van der Waals surface area (Å²) in [5.41, 5.74) is 6.68. The van der Waals surface area contributed by atoms with Gasteiger partial charge in [-0.3, -0.25) is 0 Å². The number of rotatable bonds is 2. The minimum Gasteiger partial charge on any atom is -0.396 e. The molecule has 0 heterocycles. The van der Waals surface area contributed by atoms with E-state index in [1.807, 2.05) is 0 Å². The molecule has 2 aromatic carbocycles.